The predicted molar refractivity (Wildman–Crippen MR) is 133 cm³/mol. The Kier molecular flexibility index (Phi) is 5.78. The van der Waals surface area contributed by atoms with E-state index in [9.17, 15) is 13.2 Å². The van der Waals surface area contributed by atoms with Gasteiger partial charge in [0.15, 0.2) is 0 Å². The van der Waals surface area contributed by atoms with Gasteiger partial charge >= 0.3 is 0 Å². The van der Waals surface area contributed by atoms with Crippen molar-refractivity contribution in [1.29, 1.82) is 0 Å². The minimum absolute atomic E-state index is 0.137. The molecule has 35 heavy (non-hydrogen) atoms. The van der Waals surface area contributed by atoms with Crippen LogP contribution in [0.15, 0.2) is 59.5 Å². The van der Waals surface area contributed by atoms with Crippen molar-refractivity contribution in [3.8, 4) is 0 Å². The highest BCUT2D eigenvalue weighted by atomic mass is 32.2. The quantitative estimate of drug-likeness (QED) is 0.662. The van der Waals surface area contributed by atoms with Crippen molar-refractivity contribution in [2.45, 2.75) is 55.4 Å². The van der Waals surface area contributed by atoms with E-state index in [-0.39, 0.29) is 16.7 Å². The molecule has 1 N–H and O–H groups in total. The molecule has 1 heterocycles. The molecule has 2 unspecified atom stereocenters. The van der Waals surface area contributed by atoms with Crippen molar-refractivity contribution in [2.75, 3.05) is 26.3 Å². The fourth-order valence-corrected chi connectivity index (χ4v) is 9.15. The largest absolute Gasteiger partial charge is 0.379 e. The lowest BCUT2D eigenvalue weighted by Crippen LogP contribution is -2.59. The van der Waals surface area contributed by atoms with Crippen LogP contribution < -0.4 is 5.32 Å². The van der Waals surface area contributed by atoms with Gasteiger partial charge in [0.25, 0.3) is 0 Å². The highest BCUT2D eigenvalue weighted by molar-refractivity contribution is 7.89. The normalized spacial score (nSPS) is 32.5. The monoisotopic (exact) mass is 494 g/mol. The van der Waals surface area contributed by atoms with Crippen molar-refractivity contribution >= 4 is 15.9 Å². The Bertz CT molecular complexity index is 1180. The van der Waals surface area contributed by atoms with E-state index in [1.54, 1.807) is 12.1 Å². The molecule has 1 amide bonds. The van der Waals surface area contributed by atoms with E-state index in [0.29, 0.717) is 49.6 Å². The summed E-state index contributed by atoms with van der Waals surface area (Å²) in [5.41, 5.74) is 2.18. The third-order valence-corrected chi connectivity index (χ3v) is 10.8. The molecule has 7 heteroatoms. The molecule has 4 saturated carbocycles. The maximum Gasteiger partial charge on any atom is 0.243 e. The molecule has 186 valence electrons. The van der Waals surface area contributed by atoms with E-state index in [1.165, 1.54) is 29.1 Å². The maximum absolute atomic E-state index is 13.7. The minimum Gasteiger partial charge on any atom is -0.379 e. The molecule has 0 spiro atoms. The number of nitrogens with one attached hydrogen (secondary N) is 1. The first kappa shape index (κ1) is 23.2. The zero-order valence-corrected chi connectivity index (χ0v) is 20.9. The van der Waals surface area contributed by atoms with E-state index in [1.807, 2.05) is 12.1 Å². The second-order valence-electron chi connectivity index (χ2n) is 11.2. The van der Waals surface area contributed by atoms with Crippen LogP contribution in [0.25, 0.3) is 0 Å². The molecule has 0 radical (unpaired) electrons. The lowest BCUT2D eigenvalue weighted by molar-refractivity contribution is -0.149. The van der Waals surface area contributed by atoms with Crippen molar-refractivity contribution < 1.29 is 17.9 Å². The summed E-state index contributed by atoms with van der Waals surface area (Å²) in [6.07, 6.45) is 6.63. The van der Waals surface area contributed by atoms with E-state index in [2.05, 4.69) is 35.6 Å². The zero-order chi connectivity index (χ0) is 24.1. The summed E-state index contributed by atoms with van der Waals surface area (Å²) in [7, 11) is -3.51. The van der Waals surface area contributed by atoms with Gasteiger partial charge in [-0.05, 0) is 79.0 Å². The molecule has 5 fully saturated rings. The summed E-state index contributed by atoms with van der Waals surface area (Å²) in [5.74, 6) is 1.44. The van der Waals surface area contributed by atoms with Crippen LogP contribution in [0.4, 0.5) is 0 Å². The topological polar surface area (TPSA) is 75.7 Å². The highest BCUT2D eigenvalue weighted by Crippen LogP contribution is 2.65. The molecule has 4 atom stereocenters. The third kappa shape index (κ3) is 4.11. The van der Waals surface area contributed by atoms with Crippen LogP contribution in [0.1, 0.15) is 49.7 Å². The molecule has 4 aliphatic carbocycles. The van der Waals surface area contributed by atoms with Crippen molar-refractivity contribution in [2.24, 2.45) is 17.3 Å². The van der Waals surface area contributed by atoms with Gasteiger partial charge in [-0.2, -0.15) is 4.31 Å². The van der Waals surface area contributed by atoms with E-state index in [0.717, 1.165) is 24.8 Å². The molecule has 4 bridgehead atoms. The number of ether oxygens (including phenoxy) is 1. The zero-order valence-electron chi connectivity index (χ0n) is 20.1. The van der Waals surface area contributed by atoms with Crippen LogP contribution in [0.3, 0.4) is 0 Å². The fourth-order valence-electron chi connectivity index (χ4n) is 7.74. The molecule has 0 aromatic heterocycles. The van der Waals surface area contributed by atoms with Gasteiger partial charge in [0, 0.05) is 19.6 Å². The van der Waals surface area contributed by atoms with Crippen LogP contribution in [0.2, 0.25) is 0 Å². The number of sulfonamides is 1. The molecule has 2 aromatic rings. The summed E-state index contributed by atoms with van der Waals surface area (Å²) in [6, 6.07) is 17.8. The van der Waals surface area contributed by atoms with Crippen LogP contribution >= 0.6 is 0 Å². The lowest BCUT2D eigenvalue weighted by atomic mass is 9.42. The average molecular weight is 495 g/mol. The number of hydrogen-bond acceptors (Lipinski definition) is 4. The number of benzene rings is 2. The Balaban J connectivity index is 1.15. The lowest BCUT2D eigenvalue weighted by Gasteiger charge is -2.61. The summed E-state index contributed by atoms with van der Waals surface area (Å²) >= 11 is 0. The Morgan fingerprint density at radius 2 is 1.60 bits per heavy atom. The first-order valence-corrected chi connectivity index (χ1v) is 14.3. The number of rotatable bonds is 6. The van der Waals surface area contributed by atoms with Gasteiger partial charge in [-0.25, -0.2) is 8.42 Å². The van der Waals surface area contributed by atoms with Gasteiger partial charge in [-0.3, -0.25) is 4.79 Å². The highest BCUT2D eigenvalue weighted by Gasteiger charge is 2.60. The van der Waals surface area contributed by atoms with Crippen LogP contribution in [0.5, 0.6) is 0 Å². The average Bonchev–Trinajstić information content (AvgIpc) is 2.88. The van der Waals surface area contributed by atoms with E-state index >= 15 is 0 Å². The number of amides is 1. The molecule has 2 aromatic carbocycles. The molecule has 1 aliphatic heterocycles. The summed E-state index contributed by atoms with van der Waals surface area (Å²) in [4.78, 5) is 13.9. The molecule has 5 aliphatic rings. The number of morpholine rings is 1. The number of nitrogens with zero attached hydrogens (tertiary/aromatic N) is 1. The first-order valence-electron chi connectivity index (χ1n) is 12.9. The minimum atomic E-state index is -3.51. The van der Waals surface area contributed by atoms with Gasteiger partial charge in [-0.1, -0.05) is 42.5 Å². The van der Waals surface area contributed by atoms with Crippen LogP contribution in [-0.2, 0) is 31.5 Å². The molecular weight excluding hydrogens is 460 g/mol. The molecule has 1 saturated heterocycles. The molecule has 7 rings (SSSR count). The fraction of sp³-hybridized carbons (Fsp3) is 0.536. The number of carbonyl (C=O) groups excluding carboxylic acids is 1. The van der Waals surface area contributed by atoms with Crippen molar-refractivity contribution in [3.63, 3.8) is 0 Å². The Labute approximate surface area is 208 Å². The van der Waals surface area contributed by atoms with Gasteiger partial charge < -0.3 is 10.1 Å². The summed E-state index contributed by atoms with van der Waals surface area (Å²) < 4.78 is 32.5. The predicted octanol–water partition coefficient (Wildman–Crippen LogP) is 3.86. The summed E-state index contributed by atoms with van der Waals surface area (Å²) in [5, 5.41) is 3.23. The number of carbonyl (C=O) groups is 1. The van der Waals surface area contributed by atoms with Crippen molar-refractivity contribution in [3.05, 3.63) is 65.7 Å². The Morgan fingerprint density at radius 3 is 2.26 bits per heavy atom. The van der Waals surface area contributed by atoms with E-state index < -0.39 is 10.0 Å². The third-order valence-electron chi connectivity index (χ3n) is 8.91. The molecule has 6 nitrogen and oxygen atoms in total. The van der Waals surface area contributed by atoms with E-state index in [4.69, 9.17) is 4.74 Å². The van der Waals surface area contributed by atoms with Crippen LogP contribution in [0, 0.1) is 17.3 Å². The smallest absolute Gasteiger partial charge is 0.243 e. The molecular formula is C28H34N2O4S. The number of hydrogen-bond donors (Lipinski definition) is 1. The Hall–Kier alpha value is -2.22. The summed E-state index contributed by atoms with van der Waals surface area (Å²) in [6.45, 7) is 2.05. The van der Waals surface area contributed by atoms with Crippen LogP contribution in [-0.4, -0.2) is 44.9 Å². The second kappa shape index (κ2) is 8.71. The second-order valence-corrected chi connectivity index (χ2v) is 13.2. The van der Waals surface area contributed by atoms with Gasteiger partial charge in [-0.15, -0.1) is 0 Å². The SMILES string of the molecule is O=C(NCc1ccc(S(=O)(=O)N2CCOCC2)cc1)C12C[C@H]3C[C@@H](C1)CC(c1ccccc1)(C3)C2. The van der Waals surface area contributed by atoms with Gasteiger partial charge in [0.1, 0.15) is 0 Å². The van der Waals surface area contributed by atoms with Gasteiger partial charge in [0.05, 0.1) is 23.5 Å². The Morgan fingerprint density at radius 1 is 0.943 bits per heavy atom. The standard InChI is InChI=1S/C28H34N2O4S/c31-26(29-19-21-6-8-25(9-7-21)35(32,33)30-10-12-34-13-11-30)28-17-22-14-23(18-28)16-27(15-22,20-28)24-4-2-1-3-5-24/h1-9,22-23H,10-20H2,(H,29,31)/t22-,23+,27?,28?. The van der Waals surface area contributed by atoms with Crippen molar-refractivity contribution in [1.82, 2.24) is 9.62 Å². The maximum atomic E-state index is 13.7. The first-order chi connectivity index (χ1) is 16.9. The van der Waals surface area contributed by atoms with Gasteiger partial charge in [0.2, 0.25) is 15.9 Å².